The molecule has 0 unspecified atom stereocenters. The number of anilines is 1. The standard InChI is InChI=1S/C27H25F4N5O2S/c1-16(37)32-26-35-25-21(3-2-4-22(25)39-26)38-24-15-20(17-5-7-18(8-6-17)27(29,30)31)33-23(34-24)11-14-36-12-9-19(28)10-13-36/h2-8,15,19H,9-14H2,1H3,(H,32,35,37). The molecule has 0 radical (unpaired) electrons. The van der Waals surface area contributed by atoms with Gasteiger partial charge in [0, 0.05) is 44.6 Å². The number of rotatable bonds is 7. The summed E-state index contributed by atoms with van der Waals surface area (Å²) in [7, 11) is 0. The van der Waals surface area contributed by atoms with Crippen molar-refractivity contribution in [2.45, 2.75) is 38.5 Å². The number of benzene rings is 2. The highest BCUT2D eigenvalue weighted by atomic mass is 32.1. The molecule has 204 valence electrons. The lowest BCUT2D eigenvalue weighted by atomic mass is 10.1. The molecule has 12 heteroatoms. The maximum Gasteiger partial charge on any atom is 0.416 e. The Hall–Kier alpha value is -3.64. The van der Waals surface area contributed by atoms with Crippen LogP contribution < -0.4 is 10.1 Å². The zero-order valence-corrected chi connectivity index (χ0v) is 21.8. The highest BCUT2D eigenvalue weighted by Crippen LogP contribution is 2.36. The van der Waals surface area contributed by atoms with Gasteiger partial charge in [-0.3, -0.25) is 4.79 Å². The highest BCUT2D eigenvalue weighted by molar-refractivity contribution is 7.22. The van der Waals surface area contributed by atoms with Crippen LogP contribution in [-0.4, -0.2) is 51.6 Å². The number of carbonyl (C=O) groups is 1. The summed E-state index contributed by atoms with van der Waals surface area (Å²) in [6.07, 6.45) is -3.80. The minimum absolute atomic E-state index is 0.207. The molecule has 1 N–H and O–H groups in total. The minimum atomic E-state index is -4.45. The summed E-state index contributed by atoms with van der Waals surface area (Å²) < 4.78 is 59.7. The van der Waals surface area contributed by atoms with Gasteiger partial charge in [0.05, 0.1) is 16.0 Å². The number of hydrogen-bond donors (Lipinski definition) is 1. The van der Waals surface area contributed by atoms with Gasteiger partial charge in [-0.1, -0.05) is 29.5 Å². The second kappa shape index (κ2) is 11.2. The summed E-state index contributed by atoms with van der Waals surface area (Å²) in [5.41, 5.74) is 0.681. The first-order chi connectivity index (χ1) is 18.6. The van der Waals surface area contributed by atoms with E-state index in [4.69, 9.17) is 4.74 Å². The highest BCUT2D eigenvalue weighted by Gasteiger charge is 2.30. The van der Waals surface area contributed by atoms with Crippen molar-refractivity contribution in [1.29, 1.82) is 0 Å². The maximum absolute atomic E-state index is 13.5. The molecule has 0 saturated carbocycles. The van der Waals surface area contributed by atoms with Crippen LogP contribution in [0.4, 0.5) is 22.7 Å². The van der Waals surface area contributed by atoms with Gasteiger partial charge in [-0.15, -0.1) is 0 Å². The van der Waals surface area contributed by atoms with Crippen molar-refractivity contribution in [3.63, 3.8) is 0 Å². The lowest BCUT2D eigenvalue weighted by Gasteiger charge is -2.28. The van der Waals surface area contributed by atoms with Crippen LogP contribution in [0.25, 0.3) is 21.5 Å². The molecule has 2 aromatic heterocycles. The van der Waals surface area contributed by atoms with Crippen LogP contribution >= 0.6 is 11.3 Å². The van der Waals surface area contributed by atoms with Crippen LogP contribution in [0.1, 0.15) is 31.2 Å². The van der Waals surface area contributed by atoms with Gasteiger partial charge >= 0.3 is 6.18 Å². The van der Waals surface area contributed by atoms with Crippen molar-refractivity contribution >= 4 is 32.6 Å². The quantitative estimate of drug-likeness (QED) is 0.261. The summed E-state index contributed by atoms with van der Waals surface area (Å²) in [5.74, 6) is 0.829. The fourth-order valence-corrected chi connectivity index (χ4v) is 5.25. The van der Waals surface area contributed by atoms with E-state index in [1.807, 2.05) is 6.07 Å². The fraction of sp³-hybridized carbons (Fsp3) is 0.333. The van der Waals surface area contributed by atoms with E-state index in [1.165, 1.54) is 30.4 Å². The van der Waals surface area contributed by atoms with Crippen molar-refractivity contribution in [2.75, 3.05) is 25.0 Å². The number of likely N-dealkylation sites (tertiary alicyclic amines) is 1. The van der Waals surface area contributed by atoms with Crippen molar-refractivity contribution in [3.8, 4) is 22.9 Å². The molecule has 0 aliphatic carbocycles. The van der Waals surface area contributed by atoms with Gasteiger partial charge in [0.1, 0.15) is 17.5 Å². The Morgan fingerprint density at radius 3 is 2.54 bits per heavy atom. The second-order valence-corrected chi connectivity index (χ2v) is 10.3. The minimum Gasteiger partial charge on any atom is -0.437 e. The monoisotopic (exact) mass is 559 g/mol. The number of nitrogens with one attached hydrogen (secondary N) is 1. The first-order valence-corrected chi connectivity index (χ1v) is 13.2. The predicted molar refractivity (Wildman–Crippen MR) is 141 cm³/mol. The number of nitrogens with zero attached hydrogens (tertiary/aromatic N) is 4. The molecule has 1 aliphatic heterocycles. The normalized spacial score (nSPS) is 15.0. The van der Waals surface area contributed by atoms with Gasteiger partial charge in [-0.2, -0.15) is 18.2 Å². The van der Waals surface area contributed by atoms with Crippen LogP contribution in [0.15, 0.2) is 48.5 Å². The Morgan fingerprint density at radius 2 is 1.85 bits per heavy atom. The Labute approximate surface area is 225 Å². The predicted octanol–water partition coefficient (Wildman–Crippen LogP) is 6.50. The van der Waals surface area contributed by atoms with E-state index >= 15 is 0 Å². The van der Waals surface area contributed by atoms with Crippen LogP contribution in [0.5, 0.6) is 11.6 Å². The Balaban J connectivity index is 1.45. The third-order valence-corrected chi connectivity index (χ3v) is 7.24. The zero-order chi connectivity index (χ0) is 27.6. The zero-order valence-electron chi connectivity index (χ0n) is 21.0. The van der Waals surface area contributed by atoms with Crippen LogP contribution in [-0.2, 0) is 17.4 Å². The molecule has 4 aromatic rings. The molecule has 1 saturated heterocycles. The number of carbonyl (C=O) groups excluding carboxylic acids is 1. The number of hydrogen-bond acceptors (Lipinski definition) is 7. The van der Waals surface area contributed by atoms with Crippen LogP contribution in [0, 0.1) is 0 Å². The van der Waals surface area contributed by atoms with Gasteiger partial charge in [0.15, 0.2) is 10.9 Å². The Bertz CT molecular complexity index is 1470. The molecule has 39 heavy (non-hydrogen) atoms. The third-order valence-electron chi connectivity index (χ3n) is 6.31. The van der Waals surface area contributed by atoms with Gasteiger partial charge in [0.2, 0.25) is 11.8 Å². The van der Waals surface area contributed by atoms with Gasteiger partial charge in [-0.25, -0.2) is 14.4 Å². The summed E-state index contributed by atoms with van der Waals surface area (Å²) in [4.78, 5) is 27.2. The van der Waals surface area contributed by atoms with E-state index in [2.05, 4.69) is 25.2 Å². The molecule has 5 rings (SSSR count). The molecular formula is C27H25F4N5O2S. The van der Waals surface area contributed by atoms with E-state index in [0.717, 1.165) is 16.8 Å². The number of para-hydroxylation sites is 1. The number of fused-ring (bicyclic) bond motifs is 1. The van der Waals surface area contributed by atoms with E-state index in [9.17, 15) is 22.4 Å². The van der Waals surface area contributed by atoms with Crippen LogP contribution in [0.3, 0.4) is 0 Å². The average Bonchev–Trinajstić information content (AvgIpc) is 3.31. The SMILES string of the molecule is CC(=O)Nc1nc2c(Oc3cc(-c4ccc(C(F)(F)F)cc4)nc(CCN4CCC(F)CC4)n3)cccc2s1. The molecule has 0 spiro atoms. The number of halogens is 4. The van der Waals surface area contributed by atoms with Crippen molar-refractivity contribution in [2.24, 2.45) is 0 Å². The maximum atomic E-state index is 13.5. The number of thiazole rings is 1. The largest absolute Gasteiger partial charge is 0.437 e. The van der Waals surface area contributed by atoms with E-state index in [0.29, 0.717) is 72.4 Å². The molecule has 7 nitrogen and oxygen atoms in total. The first kappa shape index (κ1) is 26.9. The van der Waals surface area contributed by atoms with Gasteiger partial charge < -0.3 is 15.0 Å². The van der Waals surface area contributed by atoms with Crippen molar-refractivity contribution in [1.82, 2.24) is 19.9 Å². The average molecular weight is 560 g/mol. The summed E-state index contributed by atoms with van der Waals surface area (Å²) in [5, 5.41) is 3.10. The molecule has 1 amide bonds. The van der Waals surface area contributed by atoms with E-state index in [1.54, 1.807) is 18.2 Å². The van der Waals surface area contributed by atoms with E-state index in [-0.39, 0.29) is 11.8 Å². The van der Waals surface area contributed by atoms with Crippen molar-refractivity contribution in [3.05, 3.63) is 59.9 Å². The summed E-state index contributed by atoms with van der Waals surface area (Å²) in [6.45, 7) is 3.30. The molecule has 2 aromatic carbocycles. The lowest BCUT2D eigenvalue weighted by molar-refractivity contribution is -0.137. The first-order valence-electron chi connectivity index (χ1n) is 12.4. The Kier molecular flexibility index (Phi) is 7.76. The Morgan fingerprint density at radius 1 is 1.10 bits per heavy atom. The molecular weight excluding hydrogens is 534 g/mol. The number of aromatic nitrogens is 3. The fourth-order valence-electron chi connectivity index (χ4n) is 4.32. The summed E-state index contributed by atoms with van der Waals surface area (Å²) in [6, 6.07) is 11.7. The van der Waals surface area contributed by atoms with Gasteiger partial charge in [0.25, 0.3) is 0 Å². The van der Waals surface area contributed by atoms with Crippen LogP contribution in [0.2, 0.25) is 0 Å². The third kappa shape index (κ3) is 6.69. The van der Waals surface area contributed by atoms with E-state index < -0.39 is 17.9 Å². The number of alkyl halides is 4. The summed E-state index contributed by atoms with van der Waals surface area (Å²) >= 11 is 1.30. The smallest absolute Gasteiger partial charge is 0.416 e. The number of amides is 1. The topological polar surface area (TPSA) is 80.2 Å². The molecule has 0 bridgehead atoms. The molecule has 1 fully saturated rings. The molecule has 3 heterocycles. The number of ether oxygens (including phenoxy) is 1. The molecule has 1 aliphatic rings. The number of piperidine rings is 1. The second-order valence-electron chi connectivity index (χ2n) is 9.25. The lowest BCUT2D eigenvalue weighted by Crippen LogP contribution is -2.35. The van der Waals surface area contributed by atoms with Gasteiger partial charge in [-0.05, 0) is 37.1 Å². The molecule has 0 atom stereocenters. The van der Waals surface area contributed by atoms with Crippen molar-refractivity contribution < 1.29 is 27.1 Å².